The van der Waals surface area contributed by atoms with E-state index in [1.165, 1.54) is 5.69 Å². The molecule has 0 radical (unpaired) electrons. The number of benzene rings is 1. The summed E-state index contributed by atoms with van der Waals surface area (Å²) in [5, 5.41) is 2.85. The van der Waals surface area contributed by atoms with E-state index in [1.54, 1.807) is 6.92 Å². The second-order valence-electron chi connectivity index (χ2n) is 4.53. The summed E-state index contributed by atoms with van der Waals surface area (Å²) in [6, 6.07) is 8.43. The van der Waals surface area contributed by atoms with Crippen molar-refractivity contribution in [2.24, 2.45) is 0 Å². The zero-order chi connectivity index (χ0) is 13.7. The van der Waals surface area contributed by atoms with Crippen molar-refractivity contribution in [3.8, 4) is 0 Å². The molecule has 1 aromatic rings. The van der Waals surface area contributed by atoms with Crippen LogP contribution < -0.4 is 10.2 Å². The highest BCUT2D eigenvalue weighted by atomic mass is 79.9. The number of nitrogens with zero attached hydrogens (tertiary/aromatic N) is 1. The lowest BCUT2D eigenvalue weighted by molar-refractivity contribution is -0.115. The maximum absolute atomic E-state index is 11.5. The third-order valence-corrected chi connectivity index (χ3v) is 3.21. The Kier molecular flexibility index (Phi) is 5.66. The summed E-state index contributed by atoms with van der Waals surface area (Å²) >= 11 is 3.24. The number of rotatable bonds is 5. The van der Waals surface area contributed by atoms with Crippen LogP contribution in [0.3, 0.4) is 0 Å². The van der Waals surface area contributed by atoms with E-state index in [0.29, 0.717) is 6.04 Å². The summed E-state index contributed by atoms with van der Waals surface area (Å²) in [4.78, 5) is 13.7. The van der Waals surface area contributed by atoms with Gasteiger partial charge in [-0.3, -0.25) is 4.79 Å². The first-order valence-electron chi connectivity index (χ1n) is 6.27. The van der Waals surface area contributed by atoms with E-state index in [-0.39, 0.29) is 10.7 Å². The Morgan fingerprint density at radius 3 is 2.22 bits per heavy atom. The van der Waals surface area contributed by atoms with E-state index < -0.39 is 0 Å². The van der Waals surface area contributed by atoms with E-state index in [9.17, 15) is 4.79 Å². The molecule has 0 aromatic heterocycles. The number of halogens is 1. The number of carbonyl (C=O) groups is 1. The minimum atomic E-state index is -0.181. The third-order valence-electron chi connectivity index (χ3n) is 2.79. The zero-order valence-corrected chi connectivity index (χ0v) is 13.0. The topological polar surface area (TPSA) is 32.3 Å². The Bertz CT molecular complexity index is 387. The van der Waals surface area contributed by atoms with Crippen LogP contribution in [0.1, 0.15) is 27.7 Å². The molecule has 1 rings (SSSR count). The van der Waals surface area contributed by atoms with Crippen LogP contribution in [0.25, 0.3) is 0 Å². The number of carbonyl (C=O) groups excluding carboxylic acids is 1. The summed E-state index contributed by atoms with van der Waals surface area (Å²) < 4.78 is 0. The summed E-state index contributed by atoms with van der Waals surface area (Å²) in [6.45, 7) is 9.27. The molecule has 0 spiro atoms. The van der Waals surface area contributed by atoms with Crippen molar-refractivity contribution in [2.75, 3.05) is 16.8 Å². The number of hydrogen-bond acceptors (Lipinski definition) is 2. The van der Waals surface area contributed by atoms with E-state index in [1.807, 2.05) is 24.3 Å². The smallest absolute Gasteiger partial charge is 0.237 e. The maximum Gasteiger partial charge on any atom is 0.237 e. The van der Waals surface area contributed by atoms with Crippen molar-refractivity contribution in [1.82, 2.24) is 0 Å². The third kappa shape index (κ3) is 4.02. The lowest BCUT2D eigenvalue weighted by atomic mass is 10.2. The standard InChI is InChI=1S/C14H21BrN2O/c1-5-17(10(2)3)13-8-6-12(7-9-13)16-14(18)11(4)15/h6-11H,5H2,1-4H3,(H,16,18). The fourth-order valence-electron chi connectivity index (χ4n) is 1.82. The van der Waals surface area contributed by atoms with Crippen molar-refractivity contribution in [3.63, 3.8) is 0 Å². The molecule has 0 saturated heterocycles. The summed E-state index contributed by atoms with van der Waals surface area (Å²) in [6.07, 6.45) is 0. The number of alkyl halides is 1. The minimum Gasteiger partial charge on any atom is -0.369 e. The average Bonchev–Trinajstić information content (AvgIpc) is 2.31. The van der Waals surface area contributed by atoms with Gasteiger partial charge in [0.05, 0.1) is 4.83 Å². The maximum atomic E-state index is 11.5. The molecule has 3 nitrogen and oxygen atoms in total. The Morgan fingerprint density at radius 2 is 1.83 bits per heavy atom. The Hall–Kier alpha value is -1.03. The number of anilines is 2. The van der Waals surface area contributed by atoms with Crippen LogP contribution in [-0.2, 0) is 4.79 Å². The van der Waals surface area contributed by atoms with E-state index in [0.717, 1.165) is 12.2 Å². The molecule has 4 heteroatoms. The molecule has 0 aliphatic heterocycles. The predicted octanol–water partition coefficient (Wildman–Crippen LogP) is 3.64. The summed E-state index contributed by atoms with van der Waals surface area (Å²) in [5.41, 5.74) is 2.01. The largest absolute Gasteiger partial charge is 0.369 e. The van der Waals surface area contributed by atoms with Gasteiger partial charge in [0.15, 0.2) is 0 Å². The highest BCUT2D eigenvalue weighted by Crippen LogP contribution is 2.20. The van der Waals surface area contributed by atoms with Crippen molar-refractivity contribution >= 4 is 33.2 Å². The molecule has 0 fully saturated rings. The van der Waals surface area contributed by atoms with Gasteiger partial charge in [0.2, 0.25) is 5.91 Å². The fourth-order valence-corrected chi connectivity index (χ4v) is 1.94. The molecule has 18 heavy (non-hydrogen) atoms. The van der Waals surface area contributed by atoms with Gasteiger partial charge < -0.3 is 10.2 Å². The first-order chi connectivity index (χ1) is 8.45. The van der Waals surface area contributed by atoms with E-state index in [2.05, 4.69) is 46.9 Å². The quantitative estimate of drug-likeness (QED) is 0.842. The molecule has 100 valence electrons. The fraction of sp³-hybridized carbons (Fsp3) is 0.500. The SMILES string of the molecule is CCN(c1ccc(NC(=O)C(C)Br)cc1)C(C)C. The second-order valence-corrected chi connectivity index (χ2v) is 5.91. The van der Waals surface area contributed by atoms with Gasteiger partial charge in [0.1, 0.15) is 0 Å². The Balaban J connectivity index is 2.76. The molecule has 1 atom stereocenters. The molecule has 0 aliphatic rings. The lowest BCUT2D eigenvalue weighted by Crippen LogP contribution is -2.30. The van der Waals surface area contributed by atoms with Crippen LogP contribution in [0.15, 0.2) is 24.3 Å². The number of nitrogens with one attached hydrogen (secondary N) is 1. The minimum absolute atomic E-state index is 0.0287. The van der Waals surface area contributed by atoms with Gasteiger partial charge in [-0.05, 0) is 52.0 Å². The number of amides is 1. The highest BCUT2D eigenvalue weighted by Gasteiger charge is 2.10. The first kappa shape index (κ1) is 15.0. The van der Waals surface area contributed by atoms with Crippen LogP contribution in [-0.4, -0.2) is 23.3 Å². The van der Waals surface area contributed by atoms with Gasteiger partial charge in [-0.2, -0.15) is 0 Å². The normalized spacial score (nSPS) is 12.3. The summed E-state index contributed by atoms with van der Waals surface area (Å²) in [5.74, 6) is -0.0287. The van der Waals surface area contributed by atoms with Gasteiger partial charge in [-0.15, -0.1) is 0 Å². The van der Waals surface area contributed by atoms with Crippen LogP contribution in [0.2, 0.25) is 0 Å². The second kappa shape index (κ2) is 6.78. The van der Waals surface area contributed by atoms with Crippen molar-refractivity contribution in [3.05, 3.63) is 24.3 Å². The molecule has 1 amide bonds. The van der Waals surface area contributed by atoms with Crippen molar-refractivity contribution < 1.29 is 4.79 Å². The Morgan fingerprint density at radius 1 is 1.28 bits per heavy atom. The van der Waals surface area contributed by atoms with E-state index in [4.69, 9.17) is 0 Å². The average molecular weight is 313 g/mol. The first-order valence-corrected chi connectivity index (χ1v) is 7.19. The molecule has 0 heterocycles. The van der Waals surface area contributed by atoms with Crippen molar-refractivity contribution in [1.29, 1.82) is 0 Å². The molecular formula is C14H21BrN2O. The van der Waals surface area contributed by atoms with Gasteiger partial charge in [-0.1, -0.05) is 15.9 Å². The molecule has 1 aromatic carbocycles. The molecule has 0 saturated carbocycles. The zero-order valence-electron chi connectivity index (χ0n) is 11.4. The van der Waals surface area contributed by atoms with Gasteiger partial charge >= 0.3 is 0 Å². The molecule has 0 bridgehead atoms. The summed E-state index contributed by atoms with van der Waals surface area (Å²) in [7, 11) is 0. The van der Waals surface area contributed by atoms with Crippen LogP contribution in [0.5, 0.6) is 0 Å². The highest BCUT2D eigenvalue weighted by molar-refractivity contribution is 9.10. The predicted molar refractivity (Wildman–Crippen MR) is 81.6 cm³/mol. The van der Waals surface area contributed by atoms with Gasteiger partial charge in [-0.25, -0.2) is 0 Å². The van der Waals surface area contributed by atoms with Gasteiger partial charge in [0, 0.05) is 24.0 Å². The van der Waals surface area contributed by atoms with Crippen molar-refractivity contribution in [2.45, 2.75) is 38.6 Å². The lowest BCUT2D eigenvalue weighted by Gasteiger charge is -2.27. The monoisotopic (exact) mass is 312 g/mol. The molecule has 1 unspecified atom stereocenters. The van der Waals surface area contributed by atoms with E-state index >= 15 is 0 Å². The molecule has 1 N–H and O–H groups in total. The Labute approximate surface area is 118 Å². The molecule has 0 aliphatic carbocycles. The number of hydrogen-bond donors (Lipinski definition) is 1. The van der Waals surface area contributed by atoms with Crippen LogP contribution in [0.4, 0.5) is 11.4 Å². The van der Waals surface area contributed by atoms with Gasteiger partial charge in [0.25, 0.3) is 0 Å². The van der Waals surface area contributed by atoms with Crippen LogP contribution >= 0.6 is 15.9 Å². The molecular weight excluding hydrogens is 292 g/mol. The van der Waals surface area contributed by atoms with Crippen LogP contribution in [0, 0.1) is 0 Å².